The second-order valence-electron chi connectivity index (χ2n) is 8.82. The minimum absolute atomic E-state index is 0.00967. The highest BCUT2D eigenvalue weighted by Crippen LogP contribution is 2.39. The van der Waals surface area contributed by atoms with Crippen LogP contribution in [0.4, 0.5) is 5.69 Å². The second kappa shape index (κ2) is 8.00. The number of para-hydroxylation sites is 1. The first-order valence-electron chi connectivity index (χ1n) is 11.3. The number of carbonyl (C=O) groups excluding carboxylic acids is 4. The molecule has 184 valence electrons. The zero-order valence-corrected chi connectivity index (χ0v) is 19.2. The molecule has 2 heterocycles. The van der Waals surface area contributed by atoms with E-state index < -0.39 is 41.2 Å². The van der Waals surface area contributed by atoms with Crippen LogP contribution in [0.2, 0.25) is 0 Å². The van der Waals surface area contributed by atoms with Gasteiger partial charge in [0.2, 0.25) is 0 Å². The number of hydrogen-bond acceptors (Lipinski definition) is 7. The number of imide groups is 1. The van der Waals surface area contributed by atoms with Crippen molar-refractivity contribution in [2.75, 3.05) is 4.90 Å². The van der Waals surface area contributed by atoms with Crippen LogP contribution in [0.5, 0.6) is 0 Å². The van der Waals surface area contributed by atoms with Crippen molar-refractivity contribution in [2.24, 2.45) is 0 Å². The molecule has 0 spiro atoms. The van der Waals surface area contributed by atoms with E-state index in [1.165, 1.54) is 30.3 Å². The Morgan fingerprint density at radius 1 is 0.684 bits per heavy atom. The Morgan fingerprint density at radius 3 is 1.95 bits per heavy atom. The summed E-state index contributed by atoms with van der Waals surface area (Å²) in [5.74, 6) is -6.58. The molecule has 3 aromatic carbocycles. The first-order valence-corrected chi connectivity index (χ1v) is 11.3. The lowest BCUT2D eigenvalue weighted by Gasteiger charge is -2.19. The molecule has 2 aliphatic rings. The zero-order chi connectivity index (χ0) is 26.9. The molecule has 0 saturated heterocycles. The smallest absolute Gasteiger partial charge is 0.335 e. The summed E-state index contributed by atoms with van der Waals surface area (Å²) in [4.78, 5) is 81.4. The molecule has 1 aromatic heterocycles. The predicted octanol–water partition coefficient (Wildman–Crippen LogP) is 3.59. The number of fused-ring (bicyclic) bond motifs is 3. The van der Waals surface area contributed by atoms with E-state index in [-0.39, 0.29) is 44.8 Å². The van der Waals surface area contributed by atoms with E-state index in [9.17, 15) is 39.0 Å². The van der Waals surface area contributed by atoms with Crippen LogP contribution in [0, 0.1) is 0 Å². The maximum atomic E-state index is 13.4. The quantitative estimate of drug-likeness (QED) is 0.311. The third kappa shape index (κ3) is 3.17. The summed E-state index contributed by atoms with van der Waals surface area (Å²) in [6.07, 6.45) is 0. The molecule has 0 bridgehead atoms. The summed E-state index contributed by atoms with van der Waals surface area (Å²) < 4.78 is 0. The minimum Gasteiger partial charge on any atom is -0.478 e. The summed E-state index contributed by atoms with van der Waals surface area (Å²) >= 11 is 0. The van der Waals surface area contributed by atoms with E-state index in [4.69, 9.17) is 0 Å². The van der Waals surface area contributed by atoms with Crippen molar-refractivity contribution in [2.45, 2.75) is 5.92 Å². The van der Waals surface area contributed by atoms with Gasteiger partial charge >= 0.3 is 11.9 Å². The highest BCUT2D eigenvalue weighted by molar-refractivity contribution is 6.36. The Balaban J connectivity index is 1.50. The van der Waals surface area contributed by atoms with Gasteiger partial charge in [-0.05, 0) is 48.5 Å². The molecule has 2 N–H and O–H groups in total. The van der Waals surface area contributed by atoms with Crippen LogP contribution in [0.3, 0.4) is 0 Å². The zero-order valence-electron chi connectivity index (χ0n) is 19.2. The van der Waals surface area contributed by atoms with Crippen molar-refractivity contribution in [3.05, 3.63) is 106 Å². The summed E-state index contributed by atoms with van der Waals surface area (Å²) in [5.41, 5.74) is 0.0218. The topological polar surface area (TPSA) is 159 Å². The van der Waals surface area contributed by atoms with Crippen LogP contribution in [-0.4, -0.2) is 50.5 Å². The van der Waals surface area contributed by atoms with Crippen molar-refractivity contribution >= 4 is 51.9 Å². The number of carbonyl (C=O) groups is 6. The van der Waals surface area contributed by atoms with Gasteiger partial charge in [-0.1, -0.05) is 18.2 Å². The van der Waals surface area contributed by atoms with Gasteiger partial charge in [0.1, 0.15) is 5.92 Å². The molecule has 1 atom stereocenters. The largest absolute Gasteiger partial charge is 0.478 e. The van der Waals surface area contributed by atoms with Crippen molar-refractivity contribution in [3.63, 3.8) is 0 Å². The van der Waals surface area contributed by atoms with E-state index in [0.29, 0.717) is 10.9 Å². The van der Waals surface area contributed by atoms with Gasteiger partial charge in [-0.3, -0.25) is 24.2 Å². The first kappa shape index (κ1) is 22.9. The number of Topliss-reactive ketones (excluding diaryl/α,β-unsaturated/α-hetero) is 2. The molecule has 0 saturated carbocycles. The van der Waals surface area contributed by atoms with Gasteiger partial charge in [-0.2, -0.15) is 0 Å². The second-order valence-corrected chi connectivity index (χ2v) is 8.82. The summed E-state index contributed by atoms with van der Waals surface area (Å²) in [6.45, 7) is 0. The van der Waals surface area contributed by atoms with Gasteiger partial charge in [0.05, 0.1) is 39.2 Å². The van der Waals surface area contributed by atoms with Crippen LogP contribution in [-0.2, 0) is 0 Å². The molecule has 10 nitrogen and oxygen atoms in total. The van der Waals surface area contributed by atoms with Gasteiger partial charge in [-0.15, -0.1) is 0 Å². The van der Waals surface area contributed by atoms with Crippen LogP contribution in [0.25, 0.3) is 10.9 Å². The maximum Gasteiger partial charge on any atom is 0.335 e. The third-order valence-electron chi connectivity index (χ3n) is 6.71. The number of benzene rings is 3. The van der Waals surface area contributed by atoms with Crippen LogP contribution in [0.1, 0.15) is 73.8 Å². The third-order valence-corrected chi connectivity index (χ3v) is 6.71. The number of aromatic nitrogens is 1. The standard InChI is InChI=1S/C28H14N2O8/c31-23-14-7-5-12(27(35)36)9-17(14)24(32)22(23)20-11-21(16-3-1-2-4-19(16)29-20)30-25(33)15-8-6-13(28(37)38)10-18(15)26(30)34/h1-11,22H,(H,35,36)(H,37,38). The van der Waals surface area contributed by atoms with Crippen LogP contribution in [0.15, 0.2) is 66.7 Å². The molecule has 1 unspecified atom stereocenters. The van der Waals surface area contributed by atoms with Gasteiger partial charge in [-0.25, -0.2) is 14.5 Å². The molecule has 1 aliphatic heterocycles. The summed E-state index contributed by atoms with van der Waals surface area (Å²) in [5, 5.41) is 19.0. The first-order chi connectivity index (χ1) is 18.2. The highest BCUT2D eigenvalue weighted by Gasteiger charge is 2.43. The lowest BCUT2D eigenvalue weighted by atomic mass is 9.97. The minimum atomic E-state index is -1.40. The average Bonchev–Trinajstić information content (AvgIpc) is 3.31. The lowest BCUT2D eigenvalue weighted by Crippen LogP contribution is -2.30. The molecule has 4 aromatic rings. The fourth-order valence-corrected chi connectivity index (χ4v) is 4.90. The normalized spacial score (nSPS) is 16.2. The number of carboxylic acids is 2. The van der Waals surface area contributed by atoms with E-state index in [1.807, 2.05) is 0 Å². The lowest BCUT2D eigenvalue weighted by molar-refractivity contribution is 0.0686. The maximum absolute atomic E-state index is 13.4. The molecule has 2 amide bonds. The summed E-state index contributed by atoms with van der Waals surface area (Å²) in [6, 6.07) is 15.2. The monoisotopic (exact) mass is 506 g/mol. The van der Waals surface area contributed by atoms with Gasteiger partial charge in [0, 0.05) is 16.5 Å². The number of ketones is 2. The molecule has 6 rings (SSSR count). The Kier molecular flexibility index (Phi) is 4.83. The van der Waals surface area contributed by atoms with Crippen LogP contribution >= 0.6 is 0 Å². The van der Waals surface area contributed by atoms with Crippen molar-refractivity contribution in [1.82, 2.24) is 4.98 Å². The Labute approximate surface area is 212 Å². The van der Waals surface area contributed by atoms with E-state index in [2.05, 4.69) is 4.98 Å². The van der Waals surface area contributed by atoms with Gasteiger partial charge in [0.15, 0.2) is 11.6 Å². The Bertz CT molecular complexity index is 1820. The fraction of sp³-hybridized carbons (Fsp3) is 0.0357. The SMILES string of the molecule is O=C(O)c1ccc2c(c1)C(=O)C(c1cc(N3C(=O)c4ccc(C(=O)O)cc4C3=O)c3ccccc3n1)C2=O. The molecule has 38 heavy (non-hydrogen) atoms. The van der Waals surface area contributed by atoms with Crippen molar-refractivity contribution in [1.29, 1.82) is 0 Å². The van der Waals surface area contributed by atoms with Crippen LogP contribution < -0.4 is 4.90 Å². The van der Waals surface area contributed by atoms with Gasteiger partial charge in [0.25, 0.3) is 11.8 Å². The average molecular weight is 506 g/mol. The number of nitrogens with zero attached hydrogens (tertiary/aromatic N) is 2. The van der Waals surface area contributed by atoms with Crippen molar-refractivity contribution in [3.8, 4) is 0 Å². The van der Waals surface area contributed by atoms with Gasteiger partial charge < -0.3 is 10.2 Å². The number of rotatable bonds is 4. The van der Waals surface area contributed by atoms with E-state index in [1.54, 1.807) is 24.3 Å². The Hall–Kier alpha value is -5.51. The predicted molar refractivity (Wildman–Crippen MR) is 131 cm³/mol. The van der Waals surface area contributed by atoms with E-state index in [0.717, 1.165) is 17.0 Å². The number of carboxylic acid groups (broad SMARTS) is 2. The molecular weight excluding hydrogens is 492 g/mol. The number of anilines is 1. The number of hydrogen-bond donors (Lipinski definition) is 2. The molecule has 0 fully saturated rings. The highest BCUT2D eigenvalue weighted by atomic mass is 16.4. The molecule has 0 radical (unpaired) electrons. The molecule has 10 heteroatoms. The number of amides is 2. The number of pyridine rings is 1. The molecule has 1 aliphatic carbocycles. The fourth-order valence-electron chi connectivity index (χ4n) is 4.90. The van der Waals surface area contributed by atoms with Crippen molar-refractivity contribution < 1.29 is 39.0 Å². The summed E-state index contributed by atoms with van der Waals surface area (Å²) in [7, 11) is 0. The number of aromatic carboxylic acids is 2. The van der Waals surface area contributed by atoms with E-state index >= 15 is 0 Å². The Morgan fingerprint density at radius 2 is 1.26 bits per heavy atom. The molecular formula is C28H14N2O8.